The lowest BCUT2D eigenvalue weighted by molar-refractivity contribution is -0.119. The van der Waals surface area contributed by atoms with Gasteiger partial charge in [-0.25, -0.2) is 0 Å². The van der Waals surface area contributed by atoms with Crippen molar-refractivity contribution in [3.8, 4) is 5.75 Å². The maximum atomic E-state index is 12.0. The maximum Gasteiger partial charge on any atom is 0.228 e. The van der Waals surface area contributed by atoms with Crippen LogP contribution in [0.5, 0.6) is 5.75 Å². The molecule has 0 aromatic heterocycles. The molecule has 1 heterocycles. The molecule has 0 fully saturated rings. The van der Waals surface area contributed by atoms with Gasteiger partial charge in [-0.2, -0.15) is 0 Å². The molecule has 2 rings (SSSR count). The van der Waals surface area contributed by atoms with Crippen molar-refractivity contribution < 1.29 is 9.90 Å². The molecule has 4 nitrogen and oxygen atoms in total. The number of carbonyl (C=O) groups excluding carboxylic acids is 1. The molecule has 0 saturated heterocycles. The number of rotatable bonds is 3. The molecule has 0 bridgehead atoms. The predicted octanol–water partition coefficient (Wildman–Crippen LogP) is 3.22. The molecule has 2 N–H and O–H groups in total. The highest BCUT2D eigenvalue weighted by atomic mass is 35.5. The normalized spacial score (nSPS) is 14.7. The van der Waals surface area contributed by atoms with Gasteiger partial charge < -0.3 is 15.3 Å². The maximum absolute atomic E-state index is 12.0. The molecule has 5 heteroatoms. The lowest BCUT2D eigenvalue weighted by atomic mass is 10.1. The van der Waals surface area contributed by atoms with Crippen molar-refractivity contribution in [2.24, 2.45) is 0 Å². The topological polar surface area (TPSA) is 52.6 Å². The first-order valence-corrected chi connectivity index (χ1v) is 7.56. The smallest absolute Gasteiger partial charge is 0.228 e. The highest BCUT2D eigenvalue weighted by molar-refractivity contribution is 6.32. The minimum absolute atomic E-state index is 0.00966. The fraction of sp³-hybridized carbons (Fsp3) is 0.353. The van der Waals surface area contributed by atoms with E-state index in [1.54, 1.807) is 12.1 Å². The molecule has 1 aromatic carbocycles. The van der Waals surface area contributed by atoms with Crippen LogP contribution in [0, 0.1) is 0 Å². The van der Waals surface area contributed by atoms with Gasteiger partial charge in [0.15, 0.2) is 0 Å². The minimum Gasteiger partial charge on any atom is -0.506 e. The molecule has 1 aliphatic heterocycles. The van der Waals surface area contributed by atoms with Gasteiger partial charge in [-0.15, -0.1) is 0 Å². The summed E-state index contributed by atoms with van der Waals surface area (Å²) in [4.78, 5) is 14.2. The molecule has 1 aliphatic rings. The Morgan fingerprint density at radius 3 is 2.68 bits per heavy atom. The fourth-order valence-corrected chi connectivity index (χ4v) is 2.26. The summed E-state index contributed by atoms with van der Waals surface area (Å²) in [5, 5.41) is 12.7. The Kier molecular flexibility index (Phi) is 4.81. The van der Waals surface area contributed by atoms with E-state index < -0.39 is 0 Å². The van der Waals surface area contributed by atoms with Crippen molar-refractivity contribution in [2.45, 2.75) is 32.7 Å². The van der Waals surface area contributed by atoms with E-state index in [2.05, 4.69) is 31.0 Å². The van der Waals surface area contributed by atoms with E-state index in [0.29, 0.717) is 0 Å². The SMILES string of the molecule is CC(C)(C)N1C=CC(NC(=O)Cc2ccc(Cl)c(O)c2)=CC1. The number of hydrogen-bond donors (Lipinski definition) is 2. The summed E-state index contributed by atoms with van der Waals surface area (Å²) in [6, 6.07) is 4.82. The first-order valence-electron chi connectivity index (χ1n) is 7.18. The van der Waals surface area contributed by atoms with Gasteiger partial charge in [0.1, 0.15) is 5.75 Å². The van der Waals surface area contributed by atoms with E-state index in [1.165, 1.54) is 6.07 Å². The molecular formula is C17H21ClN2O2. The summed E-state index contributed by atoms with van der Waals surface area (Å²) >= 11 is 5.75. The number of hydrogen-bond acceptors (Lipinski definition) is 3. The summed E-state index contributed by atoms with van der Waals surface area (Å²) in [5.41, 5.74) is 1.57. The van der Waals surface area contributed by atoms with E-state index >= 15 is 0 Å². The Bertz CT molecular complexity index is 630. The third-order valence-corrected chi connectivity index (χ3v) is 3.78. The van der Waals surface area contributed by atoms with Gasteiger partial charge in [0.2, 0.25) is 5.91 Å². The third kappa shape index (κ3) is 4.28. The number of nitrogens with zero attached hydrogens (tertiary/aromatic N) is 1. The van der Waals surface area contributed by atoms with Crippen LogP contribution in [-0.2, 0) is 11.2 Å². The number of allylic oxidation sites excluding steroid dienone is 1. The molecule has 0 spiro atoms. The molecule has 0 radical (unpaired) electrons. The van der Waals surface area contributed by atoms with Gasteiger partial charge >= 0.3 is 0 Å². The summed E-state index contributed by atoms with van der Waals surface area (Å²) < 4.78 is 0. The van der Waals surface area contributed by atoms with E-state index in [9.17, 15) is 9.90 Å². The second-order valence-electron chi connectivity index (χ2n) is 6.31. The largest absolute Gasteiger partial charge is 0.506 e. The lowest BCUT2D eigenvalue weighted by Crippen LogP contribution is -2.39. The molecule has 118 valence electrons. The monoisotopic (exact) mass is 320 g/mol. The highest BCUT2D eigenvalue weighted by Gasteiger charge is 2.19. The van der Waals surface area contributed by atoms with Crippen LogP contribution in [0.1, 0.15) is 26.3 Å². The molecule has 0 aliphatic carbocycles. The lowest BCUT2D eigenvalue weighted by Gasteiger charge is -2.35. The number of phenols is 1. The number of aromatic hydroxyl groups is 1. The number of nitrogens with one attached hydrogen (secondary N) is 1. The van der Waals surface area contributed by atoms with Crippen molar-refractivity contribution in [2.75, 3.05) is 6.54 Å². The molecule has 1 aromatic rings. The molecule has 0 atom stereocenters. The average Bonchev–Trinajstić information content (AvgIpc) is 2.42. The van der Waals surface area contributed by atoms with E-state index in [4.69, 9.17) is 11.6 Å². The van der Waals surface area contributed by atoms with E-state index in [1.807, 2.05) is 18.4 Å². The molecule has 22 heavy (non-hydrogen) atoms. The second-order valence-corrected chi connectivity index (χ2v) is 6.72. The fourth-order valence-electron chi connectivity index (χ4n) is 2.14. The van der Waals surface area contributed by atoms with Crippen LogP contribution in [0.2, 0.25) is 5.02 Å². The van der Waals surface area contributed by atoms with Crippen molar-refractivity contribution in [1.82, 2.24) is 10.2 Å². The third-order valence-electron chi connectivity index (χ3n) is 3.46. The Labute approximate surface area is 136 Å². The molecule has 0 unspecified atom stereocenters. The molecule has 1 amide bonds. The van der Waals surface area contributed by atoms with Crippen molar-refractivity contribution in [3.63, 3.8) is 0 Å². The van der Waals surface area contributed by atoms with Crippen LogP contribution in [-0.4, -0.2) is 28.0 Å². The van der Waals surface area contributed by atoms with Crippen LogP contribution < -0.4 is 5.32 Å². The van der Waals surface area contributed by atoms with Gasteiger partial charge in [0, 0.05) is 24.0 Å². The van der Waals surface area contributed by atoms with Gasteiger partial charge in [0.05, 0.1) is 11.4 Å². The standard InChI is InChI=1S/C17H21ClN2O2/c1-17(2,3)20-8-6-13(7-9-20)19-16(22)11-12-4-5-14(18)15(21)10-12/h4-8,10,21H,9,11H2,1-3H3,(H,19,22). The molecule has 0 saturated carbocycles. The molecular weight excluding hydrogens is 300 g/mol. The number of benzene rings is 1. The van der Waals surface area contributed by atoms with Crippen LogP contribution >= 0.6 is 11.6 Å². The van der Waals surface area contributed by atoms with Crippen molar-refractivity contribution >= 4 is 17.5 Å². The number of phenolic OH excluding ortho intramolecular Hbond substituents is 1. The number of carbonyl (C=O) groups is 1. The van der Waals surface area contributed by atoms with E-state index in [0.717, 1.165) is 17.8 Å². The Morgan fingerprint density at radius 1 is 1.41 bits per heavy atom. The number of halogens is 1. The first kappa shape index (κ1) is 16.4. The van der Waals surface area contributed by atoms with Crippen LogP contribution in [0.15, 0.2) is 42.2 Å². The highest BCUT2D eigenvalue weighted by Crippen LogP contribution is 2.24. The quantitative estimate of drug-likeness (QED) is 0.899. The summed E-state index contributed by atoms with van der Waals surface area (Å²) in [5.74, 6) is -0.133. The zero-order valence-corrected chi connectivity index (χ0v) is 13.8. The summed E-state index contributed by atoms with van der Waals surface area (Å²) in [6.45, 7) is 7.18. The van der Waals surface area contributed by atoms with Gasteiger partial charge in [-0.05, 0) is 50.6 Å². The van der Waals surface area contributed by atoms with Crippen LogP contribution in [0.25, 0.3) is 0 Å². The average molecular weight is 321 g/mol. The van der Waals surface area contributed by atoms with Crippen molar-refractivity contribution in [1.29, 1.82) is 0 Å². The Morgan fingerprint density at radius 2 is 2.14 bits per heavy atom. The van der Waals surface area contributed by atoms with Crippen LogP contribution in [0.4, 0.5) is 0 Å². The Balaban J connectivity index is 1.92. The van der Waals surface area contributed by atoms with Gasteiger partial charge in [0.25, 0.3) is 0 Å². The Hall–Kier alpha value is -1.94. The second kappa shape index (κ2) is 6.44. The first-order chi connectivity index (χ1) is 10.3. The summed E-state index contributed by atoms with van der Waals surface area (Å²) in [7, 11) is 0. The summed E-state index contributed by atoms with van der Waals surface area (Å²) in [6.07, 6.45) is 6.07. The minimum atomic E-state index is -0.123. The zero-order chi connectivity index (χ0) is 16.3. The van der Waals surface area contributed by atoms with E-state index in [-0.39, 0.29) is 28.6 Å². The predicted molar refractivity (Wildman–Crippen MR) is 88.6 cm³/mol. The van der Waals surface area contributed by atoms with Gasteiger partial charge in [-0.1, -0.05) is 17.7 Å². The van der Waals surface area contributed by atoms with Crippen molar-refractivity contribution in [3.05, 3.63) is 52.8 Å². The van der Waals surface area contributed by atoms with Crippen LogP contribution in [0.3, 0.4) is 0 Å². The zero-order valence-electron chi connectivity index (χ0n) is 13.1. The van der Waals surface area contributed by atoms with Gasteiger partial charge in [-0.3, -0.25) is 4.79 Å². The number of amides is 1.